The Morgan fingerprint density at radius 2 is 2.00 bits per heavy atom. The van der Waals surface area contributed by atoms with Gasteiger partial charge in [-0.2, -0.15) is 0 Å². The molecule has 1 aliphatic rings. The topological polar surface area (TPSA) is 162 Å². The van der Waals surface area contributed by atoms with Crippen LogP contribution < -0.4 is 16.0 Å². The highest BCUT2D eigenvalue weighted by Gasteiger charge is 2.30. The molecule has 0 fully saturated rings. The highest BCUT2D eigenvalue weighted by molar-refractivity contribution is 6.31. The molecule has 1 heterocycles. The zero-order valence-electron chi connectivity index (χ0n) is 17.9. The molecule has 0 radical (unpaired) electrons. The number of benzene rings is 2. The third kappa shape index (κ3) is 5.16. The number of nitrogens with zero attached hydrogens (tertiary/aromatic N) is 2. The fraction of sp³-hybridized carbons (Fsp3) is 0.174. The van der Waals surface area contributed by atoms with E-state index in [-0.39, 0.29) is 18.2 Å². The fourth-order valence-corrected chi connectivity index (χ4v) is 3.59. The molecule has 0 saturated carbocycles. The van der Waals surface area contributed by atoms with E-state index >= 15 is 0 Å². The summed E-state index contributed by atoms with van der Waals surface area (Å²) in [5.41, 5.74) is 8.72. The minimum atomic E-state index is -0.873. The largest absolute Gasteiger partial charge is 0.394 e. The second-order valence-corrected chi connectivity index (χ2v) is 7.75. The van der Waals surface area contributed by atoms with Crippen LogP contribution in [0.4, 0.5) is 5.69 Å². The number of aliphatic imine (C=N–C) groups is 1. The molecule has 0 aromatic heterocycles. The number of allylic oxidation sites excluding steroid dienone is 1. The van der Waals surface area contributed by atoms with E-state index in [4.69, 9.17) is 33.6 Å². The van der Waals surface area contributed by atoms with Crippen molar-refractivity contribution in [3.63, 3.8) is 0 Å². The van der Waals surface area contributed by atoms with E-state index in [1.165, 1.54) is 11.1 Å². The Morgan fingerprint density at radius 1 is 1.30 bits per heavy atom. The third-order valence-electron chi connectivity index (χ3n) is 4.98. The predicted molar refractivity (Wildman–Crippen MR) is 132 cm³/mol. The van der Waals surface area contributed by atoms with Gasteiger partial charge in [-0.15, -0.1) is 0 Å². The smallest absolute Gasteiger partial charge is 0.236 e. The number of primary amides is 1. The van der Waals surface area contributed by atoms with Gasteiger partial charge in [0.25, 0.3) is 0 Å². The minimum absolute atomic E-state index is 0.0195. The van der Waals surface area contributed by atoms with Gasteiger partial charge in [-0.1, -0.05) is 29.8 Å². The number of aliphatic hydroxyl groups is 1. The third-order valence-corrected chi connectivity index (χ3v) is 5.23. The molecule has 1 atom stereocenters. The van der Waals surface area contributed by atoms with Crippen LogP contribution in [0.1, 0.15) is 23.6 Å². The zero-order chi connectivity index (χ0) is 24.1. The predicted octanol–water partition coefficient (Wildman–Crippen LogP) is 2.40. The molecule has 1 amide bonds. The monoisotopic (exact) mass is 465 g/mol. The second kappa shape index (κ2) is 10.2. The molecular formula is C23H24ClN7O2. The lowest BCUT2D eigenvalue weighted by Gasteiger charge is -2.26. The van der Waals surface area contributed by atoms with Crippen molar-refractivity contribution in [2.75, 3.05) is 18.1 Å². The maximum Gasteiger partial charge on any atom is 0.236 e. The molecule has 33 heavy (non-hydrogen) atoms. The number of rotatable bonds is 7. The first kappa shape index (κ1) is 23.8. The normalized spacial score (nSPS) is 15.9. The Balaban J connectivity index is 2.24. The van der Waals surface area contributed by atoms with Crippen LogP contribution in [0.25, 0.3) is 5.57 Å². The molecule has 2 aromatic carbocycles. The highest BCUT2D eigenvalue weighted by atomic mass is 35.5. The number of fused-ring (bicyclic) bond motifs is 1. The van der Waals surface area contributed by atoms with E-state index in [0.717, 1.165) is 11.8 Å². The number of carbonyl (C=O) groups excluding carboxylic acids is 1. The number of amides is 1. The van der Waals surface area contributed by atoms with Gasteiger partial charge in [0.1, 0.15) is 17.7 Å². The van der Waals surface area contributed by atoms with Crippen LogP contribution >= 0.6 is 11.6 Å². The van der Waals surface area contributed by atoms with Crippen molar-refractivity contribution in [1.29, 1.82) is 16.2 Å². The van der Waals surface area contributed by atoms with E-state index < -0.39 is 18.6 Å². The Bertz CT molecular complexity index is 1170. The number of aliphatic hydroxyl groups excluding tert-OH is 1. The summed E-state index contributed by atoms with van der Waals surface area (Å²) in [6.07, 6.45) is 2.66. The molecule has 9 nitrogen and oxygen atoms in total. The van der Waals surface area contributed by atoms with Crippen molar-refractivity contribution in [1.82, 2.24) is 5.32 Å². The number of anilines is 1. The van der Waals surface area contributed by atoms with E-state index in [0.29, 0.717) is 33.1 Å². The summed E-state index contributed by atoms with van der Waals surface area (Å²) < 4.78 is 0. The Hall–Kier alpha value is -3.82. The van der Waals surface area contributed by atoms with Crippen LogP contribution in [0.2, 0.25) is 5.02 Å². The molecule has 0 aliphatic carbocycles. The van der Waals surface area contributed by atoms with Crippen LogP contribution in [0.15, 0.2) is 53.7 Å². The van der Waals surface area contributed by atoms with Crippen molar-refractivity contribution < 1.29 is 9.90 Å². The summed E-state index contributed by atoms with van der Waals surface area (Å²) in [4.78, 5) is 17.1. The minimum Gasteiger partial charge on any atom is -0.394 e. The standard InChI is InChI=1S/C23H24ClN7O2/c1-13(26)31-20-7-4-15(16(9-25)10-29-11-21(27)33)8-18(20)22(30-19(12-32)23(31)28)14-2-5-17(24)6-3-14/h2-10,19,25-26,28-29,32H,11-12H2,1H3,(H2,27,33)/b16-10+,25-9?,26-13?,28-23?/t19-/m0/s1. The van der Waals surface area contributed by atoms with Gasteiger partial charge in [-0.25, -0.2) is 0 Å². The van der Waals surface area contributed by atoms with Crippen LogP contribution in [-0.2, 0) is 4.79 Å². The lowest BCUT2D eigenvalue weighted by Crippen LogP contribution is -2.41. The van der Waals surface area contributed by atoms with Crippen molar-refractivity contribution in [3.8, 4) is 0 Å². The number of hydrogen-bond donors (Lipinski definition) is 6. The number of nitrogens with two attached hydrogens (primary N) is 1. The number of carbonyl (C=O) groups is 1. The molecule has 0 unspecified atom stereocenters. The lowest BCUT2D eigenvalue weighted by atomic mass is 9.95. The summed E-state index contributed by atoms with van der Waals surface area (Å²) >= 11 is 6.06. The van der Waals surface area contributed by atoms with Crippen molar-refractivity contribution in [2.45, 2.75) is 13.0 Å². The van der Waals surface area contributed by atoms with Gasteiger partial charge >= 0.3 is 0 Å². The molecule has 10 heteroatoms. The van der Waals surface area contributed by atoms with E-state index in [2.05, 4.69) is 10.3 Å². The summed E-state index contributed by atoms with van der Waals surface area (Å²) in [6.45, 7) is 1.09. The molecule has 170 valence electrons. The number of amidine groups is 2. The van der Waals surface area contributed by atoms with Gasteiger partial charge in [-0.3, -0.25) is 25.5 Å². The van der Waals surface area contributed by atoms with Gasteiger partial charge in [-0.05, 0) is 36.8 Å². The number of nitrogens with one attached hydrogen (secondary N) is 4. The summed E-state index contributed by atoms with van der Waals surface area (Å²) in [7, 11) is 0. The first-order chi connectivity index (χ1) is 15.8. The average molecular weight is 466 g/mol. The first-order valence-electron chi connectivity index (χ1n) is 10.0. The number of hydrogen-bond acceptors (Lipinski definition) is 7. The lowest BCUT2D eigenvalue weighted by molar-refractivity contribution is -0.117. The quantitative estimate of drug-likeness (QED) is 0.273. The Kier molecular flexibility index (Phi) is 7.37. The van der Waals surface area contributed by atoms with Gasteiger partial charge in [0, 0.05) is 34.1 Å². The molecular weight excluding hydrogens is 442 g/mol. The van der Waals surface area contributed by atoms with Gasteiger partial charge in [0.05, 0.1) is 24.6 Å². The summed E-state index contributed by atoms with van der Waals surface area (Å²) in [5.74, 6) is -0.444. The average Bonchev–Trinajstić information content (AvgIpc) is 2.90. The van der Waals surface area contributed by atoms with Crippen LogP contribution in [-0.4, -0.2) is 53.8 Å². The van der Waals surface area contributed by atoms with E-state index in [9.17, 15) is 9.90 Å². The van der Waals surface area contributed by atoms with E-state index in [1.807, 2.05) is 0 Å². The highest BCUT2D eigenvalue weighted by Crippen LogP contribution is 2.32. The molecule has 3 rings (SSSR count). The zero-order valence-corrected chi connectivity index (χ0v) is 18.6. The van der Waals surface area contributed by atoms with Crippen LogP contribution in [0.3, 0.4) is 0 Å². The number of benzodiazepines with no additional fused rings is 1. The maximum absolute atomic E-state index is 11.0. The molecule has 0 saturated heterocycles. The molecule has 7 N–H and O–H groups in total. The molecule has 2 aromatic rings. The SMILES string of the molecule is CC(=N)N1C(=N)[C@H](CO)N=C(c2ccc(Cl)cc2)c2cc(/C(C=N)=C/NCC(N)=O)ccc21. The van der Waals surface area contributed by atoms with Crippen molar-refractivity contribution in [2.24, 2.45) is 10.7 Å². The molecule has 1 aliphatic heterocycles. The Morgan fingerprint density at radius 3 is 2.58 bits per heavy atom. The molecule has 0 spiro atoms. The van der Waals surface area contributed by atoms with Gasteiger partial charge in [0.2, 0.25) is 5.91 Å². The molecule has 0 bridgehead atoms. The fourth-order valence-electron chi connectivity index (χ4n) is 3.46. The first-order valence-corrected chi connectivity index (χ1v) is 10.4. The summed E-state index contributed by atoms with van der Waals surface area (Å²) in [6, 6.07) is 11.5. The van der Waals surface area contributed by atoms with Crippen molar-refractivity contribution in [3.05, 3.63) is 70.4 Å². The van der Waals surface area contributed by atoms with Gasteiger partial charge < -0.3 is 21.6 Å². The van der Waals surface area contributed by atoms with Gasteiger partial charge in [0.15, 0.2) is 0 Å². The van der Waals surface area contributed by atoms with Crippen LogP contribution in [0.5, 0.6) is 0 Å². The number of halogens is 1. The van der Waals surface area contributed by atoms with E-state index in [1.54, 1.807) is 49.4 Å². The maximum atomic E-state index is 11.0. The van der Waals surface area contributed by atoms with Crippen LogP contribution in [0, 0.1) is 16.2 Å². The summed E-state index contributed by atoms with van der Waals surface area (Å²) in [5, 5.41) is 37.9. The Labute approximate surface area is 196 Å². The van der Waals surface area contributed by atoms with Crippen molar-refractivity contribution >= 4 is 52.4 Å². The second-order valence-electron chi connectivity index (χ2n) is 7.31.